The van der Waals surface area contributed by atoms with Crippen LogP contribution in [0, 0.1) is 6.92 Å². The lowest BCUT2D eigenvalue weighted by Gasteiger charge is -2.26. The topological polar surface area (TPSA) is 42.5 Å². The molecule has 0 unspecified atom stereocenters. The summed E-state index contributed by atoms with van der Waals surface area (Å²) in [5.41, 5.74) is 2.15. The molecule has 102 valence electrons. The number of methoxy groups -OCH3 is 2. The molecule has 18 heavy (non-hydrogen) atoms. The number of aryl methyl sites for hydroxylation is 1. The normalized spacial score (nSPS) is 11.2. The summed E-state index contributed by atoms with van der Waals surface area (Å²) >= 11 is 0. The van der Waals surface area contributed by atoms with Gasteiger partial charge in [0, 0.05) is 18.2 Å². The highest BCUT2D eigenvalue weighted by Crippen LogP contribution is 2.33. The van der Waals surface area contributed by atoms with E-state index in [0.717, 1.165) is 29.3 Å². The van der Waals surface area contributed by atoms with Crippen molar-refractivity contribution in [2.24, 2.45) is 0 Å². The molecule has 0 aliphatic carbocycles. The molecule has 4 nitrogen and oxygen atoms in total. The lowest BCUT2D eigenvalue weighted by atomic mass is 10.1. The van der Waals surface area contributed by atoms with Crippen molar-refractivity contribution in [3.8, 4) is 11.5 Å². The minimum atomic E-state index is 0.0252. The summed E-state index contributed by atoms with van der Waals surface area (Å²) in [7, 11) is 5.29. The summed E-state index contributed by atoms with van der Waals surface area (Å²) < 4.78 is 10.6. The van der Waals surface area contributed by atoms with Gasteiger partial charge in [0.25, 0.3) is 0 Å². The molecule has 0 fully saturated rings. The van der Waals surface area contributed by atoms with E-state index in [2.05, 4.69) is 24.5 Å². The fraction of sp³-hybridized carbons (Fsp3) is 0.571. The molecule has 4 heteroatoms. The molecule has 1 aromatic carbocycles. The number of ether oxygens (including phenoxy) is 2. The number of hydrogen-bond donors (Lipinski definition) is 2. The lowest BCUT2D eigenvalue weighted by molar-refractivity contribution is 0.394. The second kappa shape index (κ2) is 5.96. The fourth-order valence-electron chi connectivity index (χ4n) is 1.63. The number of rotatable bonds is 6. The van der Waals surface area contributed by atoms with Crippen molar-refractivity contribution in [3.63, 3.8) is 0 Å². The number of hydrogen-bond acceptors (Lipinski definition) is 4. The van der Waals surface area contributed by atoms with E-state index >= 15 is 0 Å². The van der Waals surface area contributed by atoms with Crippen LogP contribution < -0.4 is 20.1 Å². The van der Waals surface area contributed by atoms with Crippen molar-refractivity contribution < 1.29 is 9.47 Å². The maximum absolute atomic E-state index is 5.40. The third-order valence-corrected chi connectivity index (χ3v) is 3.11. The minimum absolute atomic E-state index is 0.0252. The highest BCUT2D eigenvalue weighted by atomic mass is 16.5. The second-order valence-corrected chi connectivity index (χ2v) is 5.01. The van der Waals surface area contributed by atoms with Gasteiger partial charge in [-0.25, -0.2) is 0 Å². The molecule has 1 rings (SSSR count). The zero-order valence-electron chi connectivity index (χ0n) is 12.2. The Kier molecular flexibility index (Phi) is 4.84. The lowest BCUT2D eigenvalue weighted by Crippen LogP contribution is -2.42. The predicted octanol–water partition coefficient (Wildman–Crippen LogP) is 2.42. The fourth-order valence-corrected chi connectivity index (χ4v) is 1.63. The van der Waals surface area contributed by atoms with Crippen molar-refractivity contribution >= 4 is 5.69 Å². The number of nitrogens with one attached hydrogen (secondary N) is 2. The third-order valence-electron chi connectivity index (χ3n) is 3.11. The zero-order valence-corrected chi connectivity index (χ0v) is 12.2. The van der Waals surface area contributed by atoms with Gasteiger partial charge in [0.1, 0.15) is 11.5 Å². The summed E-state index contributed by atoms with van der Waals surface area (Å²) in [5, 5.41) is 6.69. The molecule has 0 bridgehead atoms. The molecule has 0 saturated carbocycles. The van der Waals surface area contributed by atoms with E-state index in [1.807, 2.05) is 26.1 Å². The van der Waals surface area contributed by atoms with E-state index in [0.29, 0.717) is 0 Å². The van der Waals surface area contributed by atoms with Gasteiger partial charge < -0.3 is 20.1 Å². The number of benzene rings is 1. The van der Waals surface area contributed by atoms with Crippen molar-refractivity contribution in [1.29, 1.82) is 0 Å². The smallest absolute Gasteiger partial charge is 0.145 e. The van der Waals surface area contributed by atoms with Gasteiger partial charge in [-0.05, 0) is 39.4 Å². The first-order valence-electron chi connectivity index (χ1n) is 6.09. The van der Waals surface area contributed by atoms with Gasteiger partial charge in [-0.3, -0.25) is 0 Å². The summed E-state index contributed by atoms with van der Waals surface area (Å²) in [4.78, 5) is 0. The van der Waals surface area contributed by atoms with Crippen molar-refractivity contribution in [1.82, 2.24) is 5.32 Å². The molecule has 0 aliphatic heterocycles. The molecule has 2 N–H and O–H groups in total. The SMILES string of the molecule is CNC(C)(C)CNc1c(C)cc(OC)cc1OC. The molecule has 0 aromatic heterocycles. The van der Waals surface area contributed by atoms with Crippen LogP contribution in [0.15, 0.2) is 12.1 Å². The Balaban J connectivity index is 2.94. The quantitative estimate of drug-likeness (QED) is 0.816. The molecule has 0 amide bonds. The van der Waals surface area contributed by atoms with Crippen molar-refractivity contribution in [3.05, 3.63) is 17.7 Å². The Morgan fingerprint density at radius 3 is 2.33 bits per heavy atom. The number of likely N-dealkylation sites (N-methyl/N-ethyl adjacent to an activating group) is 1. The van der Waals surface area contributed by atoms with Gasteiger partial charge in [-0.2, -0.15) is 0 Å². The van der Waals surface area contributed by atoms with Crippen LogP contribution in [0.3, 0.4) is 0 Å². The van der Waals surface area contributed by atoms with E-state index in [1.165, 1.54) is 0 Å². The molecular formula is C14H24N2O2. The molecule has 0 atom stereocenters. The largest absolute Gasteiger partial charge is 0.497 e. The van der Waals surface area contributed by atoms with Gasteiger partial charge in [0.05, 0.1) is 19.9 Å². The summed E-state index contributed by atoms with van der Waals surface area (Å²) in [6.45, 7) is 7.14. The third kappa shape index (κ3) is 3.53. The molecule has 0 aliphatic rings. The van der Waals surface area contributed by atoms with Crippen LogP contribution in [0.2, 0.25) is 0 Å². The van der Waals surface area contributed by atoms with Crippen LogP contribution in [0.25, 0.3) is 0 Å². The average Bonchev–Trinajstić information content (AvgIpc) is 2.36. The predicted molar refractivity (Wildman–Crippen MR) is 75.9 cm³/mol. The first kappa shape index (κ1) is 14.6. The standard InChI is InChI=1S/C14H24N2O2/c1-10-7-11(17-5)8-12(18-6)13(10)16-9-14(2,3)15-4/h7-8,15-16H,9H2,1-6H3. The molecule has 1 aromatic rings. The summed E-state index contributed by atoms with van der Waals surface area (Å²) in [5.74, 6) is 1.61. The maximum atomic E-state index is 5.40. The molecule has 0 saturated heterocycles. The van der Waals surface area contributed by atoms with Crippen LogP contribution in [0.4, 0.5) is 5.69 Å². The minimum Gasteiger partial charge on any atom is -0.497 e. The monoisotopic (exact) mass is 252 g/mol. The Labute approximate surface area is 110 Å². The van der Waals surface area contributed by atoms with E-state index < -0.39 is 0 Å². The molecule has 0 heterocycles. The average molecular weight is 252 g/mol. The Morgan fingerprint density at radius 2 is 1.83 bits per heavy atom. The van der Waals surface area contributed by atoms with Crippen LogP contribution in [-0.4, -0.2) is 33.4 Å². The van der Waals surface area contributed by atoms with Crippen LogP contribution in [-0.2, 0) is 0 Å². The first-order chi connectivity index (χ1) is 8.43. The highest BCUT2D eigenvalue weighted by molar-refractivity contribution is 5.64. The molecule has 0 spiro atoms. The second-order valence-electron chi connectivity index (χ2n) is 5.01. The van der Waals surface area contributed by atoms with Gasteiger partial charge in [-0.1, -0.05) is 0 Å². The zero-order chi connectivity index (χ0) is 13.8. The Morgan fingerprint density at radius 1 is 1.17 bits per heavy atom. The van der Waals surface area contributed by atoms with Gasteiger partial charge >= 0.3 is 0 Å². The first-order valence-corrected chi connectivity index (χ1v) is 6.09. The maximum Gasteiger partial charge on any atom is 0.145 e. The summed E-state index contributed by atoms with van der Waals surface area (Å²) in [6.07, 6.45) is 0. The Hall–Kier alpha value is -1.42. The van der Waals surface area contributed by atoms with Crippen molar-refractivity contribution in [2.45, 2.75) is 26.3 Å². The van der Waals surface area contributed by atoms with Gasteiger partial charge in [-0.15, -0.1) is 0 Å². The van der Waals surface area contributed by atoms with E-state index in [9.17, 15) is 0 Å². The van der Waals surface area contributed by atoms with Crippen LogP contribution >= 0.6 is 0 Å². The van der Waals surface area contributed by atoms with Gasteiger partial charge in [0.2, 0.25) is 0 Å². The highest BCUT2D eigenvalue weighted by Gasteiger charge is 2.16. The summed E-state index contributed by atoms with van der Waals surface area (Å²) in [6, 6.07) is 3.89. The van der Waals surface area contributed by atoms with E-state index in [4.69, 9.17) is 9.47 Å². The molecular weight excluding hydrogens is 228 g/mol. The molecule has 0 radical (unpaired) electrons. The van der Waals surface area contributed by atoms with Crippen LogP contribution in [0.1, 0.15) is 19.4 Å². The van der Waals surface area contributed by atoms with Crippen molar-refractivity contribution in [2.75, 3.05) is 33.1 Å². The van der Waals surface area contributed by atoms with E-state index in [-0.39, 0.29) is 5.54 Å². The van der Waals surface area contributed by atoms with E-state index in [1.54, 1.807) is 14.2 Å². The van der Waals surface area contributed by atoms with Gasteiger partial charge in [0.15, 0.2) is 0 Å². The Bertz CT molecular complexity index is 403. The van der Waals surface area contributed by atoms with Crippen LogP contribution in [0.5, 0.6) is 11.5 Å². The number of anilines is 1.